The van der Waals surface area contributed by atoms with Gasteiger partial charge < -0.3 is 5.32 Å². The Bertz CT molecular complexity index is 770. The van der Waals surface area contributed by atoms with Gasteiger partial charge >= 0.3 is 0 Å². The van der Waals surface area contributed by atoms with Crippen LogP contribution in [0.4, 0.5) is 10.1 Å². The molecule has 1 amide bonds. The highest BCUT2D eigenvalue weighted by Crippen LogP contribution is 2.32. The number of para-hydroxylation sites is 1. The van der Waals surface area contributed by atoms with Crippen LogP contribution in [0, 0.1) is 11.7 Å². The van der Waals surface area contributed by atoms with Crippen molar-refractivity contribution in [3.8, 4) is 0 Å². The molecule has 1 saturated carbocycles. The van der Waals surface area contributed by atoms with Gasteiger partial charge in [-0.05, 0) is 23.6 Å². The lowest BCUT2D eigenvalue weighted by Crippen LogP contribution is -2.41. The van der Waals surface area contributed by atoms with Gasteiger partial charge in [-0.2, -0.15) is 0 Å². The van der Waals surface area contributed by atoms with Crippen LogP contribution in [-0.4, -0.2) is 17.5 Å². The Kier molecular flexibility index (Phi) is 4.51. The van der Waals surface area contributed by atoms with Crippen LogP contribution in [0.3, 0.4) is 0 Å². The summed E-state index contributed by atoms with van der Waals surface area (Å²) in [6, 6.07) is 14.9. The Balaban J connectivity index is 1.74. The smallest absolute Gasteiger partial charge is 0.242 e. The van der Waals surface area contributed by atoms with E-state index in [1.807, 2.05) is 30.3 Å². The van der Waals surface area contributed by atoms with Gasteiger partial charge in [0, 0.05) is 12.8 Å². The Morgan fingerprint density at radius 2 is 1.50 bits per heavy atom. The Morgan fingerprint density at radius 1 is 0.917 bits per heavy atom. The molecule has 0 atom stereocenters. The first kappa shape index (κ1) is 16.1. The van der Waals surface area contributed by atoms with Crippen molar-refractivity contribution in [2.75, 3.05) is 5.32 Å². The molecule has 24 heavy (non-hydrogen) atoms. The predicted molar refractivity (Wildman–Crippen MR) is 87.0 cm³/mol. The zero-order chi connectivity index (χ0) is 17.1. The number of halogens is 1. The monoisotopic (exact) mass is 325 g/mol. The number of Topliss-reactive ketones (excluding diaryl/α,β-unsaturated/α-hetero) is 2. The van der Waals surface area contributed by atoms with Gasteiger partial charge in [-0.1, -0.05) is 42.5 Å². The molecule has 0 unspecified atom stereocenters. The fourth-order valence-electron chi connectivity index (χ4n) is 2.99. The summed E-state index contributed by atoms with van der Waals surface area (Å²) in [4.78, 5) is 36.9. The van der Waals surface area contributed by atoms with Crippen molar-refractivity contribution in [2.45, 2.75) is 18.8 Å². The third-order valence-corrected chi connectivity index (χ3v) is 4.20. The van der Waals surface area contributed by atoms with E-state index in [2.05, 4.69) is 5.32 Å². The van der Waals surface area contributed by atoms with Gasteiger partial charge in [-0.25, -0.2) is 4.39 Å². The summed E-state index contributed by atoms with van der Waals surface area (Å²) in [5, 5.41) is 2.34. The number of ketones is 2. The molecule has 0 aromatic heterocycles. The predicted octanol–water partition coefficient (Wildman–Crippen LogP) is 3.10. The molecule has 0 spiro atoms. The third kappa shape index (κ3) is 3.25. The molecule has 2 aromatic carbocycles. The van der Waals surface area contributed by atoms with Crippen molar-refractivity contribution < 1.29 is 18.8 Å². The van der Waals surface area contributed by atoms with Crippen LogP contribution >= 0.6 is 0 Å². The molecule has 0 saturated heterocycles. The van der Waals surface area contributed by atoms with Crippen LogP contribution in [0.1, 0.15) is 24.3 Å². The summed E-state index contributed by atoms with van der Waals surface area (Å²) in [5.41, 5.74) is 0.875. The van der Waals surface area contributed by atoms with Crippen molar-refractivity contribution in [2.24, 2.45) is 5.92 Å². The molecule has 0 radical (unpaired) electrons. The van der Waals surface area contributed by atoms with E-state index < -0.39 is 29.2 Å². The van der Waals surface area contributed by atoms with E-state index in [4.69, 9.17) is 0 Å². The topological polar surface area (TPSA) is 63.2 Å². The molecule has 122 valence electrons. The minimum absolute atomic E-state index is 0.0340. The van der Waals surface area contributed by atoms with Crippen molar-refractivity contribution in [1.82, 2.24) is 0 Å². The molecule has 5 heteroatoms. The van der Waals surface area contributed by atoms with Gasteiger partial charge in [0.25, 0.3) is 0 Å². The number of hydrogen-bond acceptors (Lipinski definition) is 3. The van der Waals surface area contributed by atoms with Gasteiger partial charge in [0.2, 0.25) is 5.91 Å². The second kappa shape index (κ2) is 6.74. The van der Waals surface area contributed by atoms with Crippen LogP contribution in [0.25, 0.3) is 0 Å². The Hall–Kier alpha value is -2.82. The maximum atomic E-state index is 13.6. The first-order chi connectivity index (χ1) is 11.6. The number of nitrogens with one attached hydrogen (secondary N) is 1. The van der Waals surface area contributed by atoms with E-state index in [1.54, 1.807) is 6.07 Å². The number of carbonyl (C=O) groups is 3. The molecule has 0 bridgehead atoms. The summed E-state index contributed by atoms with van der Waals surface area (Å²) in [7, 11) is 0. The molecular formula is C19H16FNO3. The summed E-state index contributed by atoms with van der Waals surface area (Å²) in [6.07, 6.45) is 0.260. The van der Waals surface area contributed by atoms with Crippen LogP contribution in [0.15, 0.2) is 54.6 Å². The number of rotatable bonds is 3. The van der Waals surface area contributed by atoms with Crippen LogP contribution in [0.5, 0.6) is 0 Å². The van der Waals surface area contributed by atoms with Gasteiger partial charge in [0.15, 0.2) is 17.5 Å². The molecule has 0 aliphatic heterocycles. The Morgan fingerprint density at radius 3 is 2.12 bits per heavy atom. The van der Waals surface area contributed by atoms with Gasteiger partial charge in [0.1, 0.15) is 5.82 Å². The SMILES string of the molecule is O=C1CC(c2ccccc2)CC(=O)C1C(=O)Nc1ccccc1F. The lowest BCUT2D eigenvalue weighted by Gasteiger charge is -2.26. The largest absolute Gasteiger partial charge is 0.323 e. The quantitative estimate of drug-likeness (QED) is 0.882. The fourth-order valence-corrected chi connectivity index (χ4v) is 2.99. The highest BCUT2D eigenvalue weighted by atomic mass is 19.1. The van der Waals surface area contributed by atoms with E-state index in [-0.39, 0.29) is 24.4 Å². The van der Waals surface area contributed by atoms with Gasteiger partial charge in [0.05, 0.1) is 5.69 Å². The van der Waals surface area contributed by atoms with Crippen LogP contribution in [0.2, 0.25) is 0 Å². The summed E-state index contributed by atoms with van der Waals surface area (Å²) >= 11 is 0. The average Bonchev–Trinajstić information content (AvgIpc) is 2.57. The number of hydrogen-bond donors (Lipinski definition) is 1. The van der Waals surface area contributed by atoms with E-state index in [0.29, 0.717) is 0 Å². The number of benzene rings is 2. The van der Waals surface area contributed by atoms with Crippen molar-refractivity contribution >= 4 is 23.2 Å². The van der Waals surface area contributed by atoms with E-state index in [1.165, 1.54) is 18.2 Å². The molecule has 3 rings (SSSR count). The summed E-state index contributed by atoms with van der Waals surface area (Å²) < 4.78 is 13.6. The summed E-state index contributed by atoms with van der Waals surface area (Å²) in [5.74, 6) is -3.78. The van der Waals surface area contributed by atoms with Crippen LogP contribution < -0.4 is 5.32 Å². The van der Waals surface area contributed by atoms with Crippen LogP contribution in [-0.2, 0) is 14.4 Å². The second-order valence-corrected chi connectivity index (χ2v) is 5.85. The number of carbonyl (C=O) groups excluding carboxylic acids is 3. The van der Waals surface area contributed by atoms with Gasteiger partial charge in [-0.15, -0.1) is 0 Å². The standard InChI is InChI=1S/C19H16FNO3/c20-14-8-4-5-9-15(14)21-19(24)18-16(22)10-13(11-17(18)23)12-6-2-1-3-7-12/h1-9,13,18H,10-11H2,(H,21,24). The summed E-state index contributed by atoms with van der Waals surface area (Å²) in [6.45, 7) is 0. The van der Waals surface area contributed by atoms with E-state index in [9.17, 15) is 18.8 Å². The molecule has 2 aromatic rings. The Labute approximate surface area is 138 Å². The van der Waals surface area contributed by atoms with E-state index >= 15 is 0 Å². The first-order valence-electron chi connectivity index (χ1n) is 7.72. The molecule has 0 heterocycles. The third-order valence-electron chi connectivity index (χ3n) is 4.20. The zero-order valence-corrected chi connectivity index (χ0v) is 12.9. The molecular weight excluding hydrogens is 309 g/mol. The maximum absolute atomic E-state index is 13.6. The fraction of sp³-hybridized carbons (Fsp3) is 0.211. The van der Waals surface area contributed by atoms with Crippen molar-refractivity contribution in [3.05, 3.63) is 66.0 Å². The lowest BCUT2D eigenvalue weighted by atomic mass is 9.76. The number of amides is 1. The minimum atomic E-state index is -1.36. The van der Waals surface area contributed by atoms with E-state index in [0.717, 1.165) is 5.56 Å². The highest BCUT2D eigenvalue weighted by molar-refractivity contribution is 6.23. The first-order valence-corrected chi connectivity index (χ1v) is 7.72. The maximum Gasteiger partial charge on any atom is 0.242 e. The zero-order valence-electron chi connectivity index (χ0n) is 12.9. The second-order valence-electron chi connectivity index (χ2n) is 5.85. The molecule has 4 nitrogen and oxygen atoms in total. The lowest BCUT2D eigenvalue weighted by molar-refractivity contribution is -0.141. The normalized spacial score (nSPS) is 20.7. The van der Waals surface area contributed by atoms with Crippen molar-refractivity contribution in [1.29, 1.82) is 0 Å². The number of anilines is 1. The molecule has 1 aliphatic carbocycles. The molecule has 1 N–H and O–H groups in total. The molecule has 1 fully saturated rings. The highest BCUT2D eigenvalue weighted by Gasteiger charge is 2.40. The van der Waals surface area contributed by atoms with Gasteiger partial charge in [-0.3, -0.25) is 14.4 Å². The van der Waals surface area contributed by atoms with Crippen molar-refractivity contribution in [3.63, 3.8) is 0 Å². The molecule has 1 aliphatic rings. The average molecular weight is 325 g/mol. The minimum Gasteiger partial charge on any atom is -0.323 e.